The number of amides is 3. The highest BCUT2D eigenvalue weighted by Gasteiger charge is 2.23. The normalized spacial score (nSPS) is 11.4. The molecule has 0 saturated carbocycles. The molecule has 0 spiro atoms. The number of hydrogen-bond donors (Lipinski definition) is 3. The van der Waals surface area contributed by atoms with Gasteiger partial charge in [-0.15, -0.1) is 0 Å². The number of carbonyl (C=O) groups excluding carboxylic acids is 3. The Bertz CT molecular complexity index is 772. The van der Waals surface area contributed by atoms with Crippen LogP contribution in [-0.2, 0) is 9.59 Å². The first-order chi connectivity index (χ1) is 11.4. The van der Waals surface area contributed by atoms with Crippen LogP contribution < -0.4 is 20.9 Å². The fourth-order valence-corrected chi connectivity index (χ4v) is 2.10. The summed E-state index contributed by atoms with van der Waals surface area (Å²) in [5.74, 6) is -0.953. The predicted octanol–water partition coefficient (Wildman–Crippen LogP) is 1.23. The molecule has 1 aromatic heterocycles. The van der Waals surface area contributed by atoms with Crippen LogP contribution in [0.3, 0.4) is 0 Å². The second kappa shape index (κ2) is 7.36. The van der Waals surface area contributed by atoms with E-state index in [9.17, 15) is 14.4 Å². The summed E-state index contributed by atoms with van der Waals surface area (Å²) in [6, 6.07) is 9.50. The first-order valence-electron chi connectivity index (χ1n) is 7.36. The van der Waals surface area contributed by atoms with Gasteiger partial charge in [-0.25, -0.2) is 0 Å². The van der Waals surface area contributed by atoms with Crippen LogP contribution in [0.25, 0.3) is 0 Å². The fraction of sp³-hybridized carbons (Fsp3) is 0.176. The first kappa shape index (κ1) is 17.1. The van der Waals surface area contributed by atoms with Crippen molar-refractivity contribution >= 4 is 29.1 Å². The number of nitrogens with one attached hydrogen (secondary N) is 2. The molecule has 2 aromatic rings. The SMILES string of the molecule is CC(=O)Nc1ccc(NC(=O)[C@@H](C)[n+]2cccc(C(N)=O)c2)cc1. The molecule has 3 amide bonds. The van der Waals surface area contributed by atoms with E-state index in [0.717, 1.165) is 0 Å². The maximum Gasteiger partial charge on any atom is 0.293 e. The van der Waals surface area contributed by atoms with Gasteiger partial charge in [0.05, 0.1) is 0 Å². The lowest BCUT2D eigenvalue weighted by molar-refractivity contribution is -0.705. The van der Waals surface area contributed by atoms with Crippen molar-refractivity contribution in [3.8, 4) is 0 Å². The third kappa shape index (κ3) is 4.39. The molecule has 1 atom stereocenters. The highest BCUT2D eigenvalue weighted by molar-refractivity contribution is 5.94. The Hall–Kier alpha value is -3.22. The minimum absolute atomic E-state index is 0.161. The van der Waals surface area contributed by atoms with Gasteiger partial charge in [0.1, 0.15) is 5.56 Å². The topological polar surface area (TPSA) is 105 Å². The molecule has 124 valence electrons. The van der Waals surface area contributed by atoms with Crippen molar-refractivity contribution in [1.82, 2.24) is 0 Å². The zero-order valence-corrected chi connectivity index (χ0v) is 13.4. The minimum Gasteiger partial charge on any atom is -0.365 e. The van der Waals surface area contributed by atoms with E-state index in [1.165, 1.54) is 13.1 Å². The number of anilines is 2. The van der Waals surface area contributed by atoms with E-state index in [0.29, 0.717) is 16.9 Å². The maximum atomic E-state index is 12.3. The molecule has 0 aliphatic rings. The van der Waals surface area contributed by atoms with Crippen LogP contribution in [0.5, 0.6) is 0 Å². The van der Waals surface area contributed by atoms with Crippen molar-refractivity contribution in [3.63, 3.8) is 0 Å². The Morgan fingerprint density at radius 2 is 1.62 bits per heavy atom. The number of nitrogens with two attached hydrogens (primary N) is 1. The average Bonchev–Trinajstić information content (AvgIpc) is 2.55. The van der Waals surface area contributed by atoms with Gasteiger partial charge in [0.15, 0.2) is 12.4 Å². The lowest BCUT2D eigenvalue weighted by Gasteiger charge is -2.10. The molecule has 0 aliphatic heterocycles. The number of aromatic nitrogens is 1. The van der Waals surface area contributed by atoms with Gasteiger partial charge in [-0.3, -0.25) is 14.4 Å². The van der Waals surface area contributed by atoms with Crippen LogP contribution in [0.15, 0.2) is 48.8 Å². The van der Waals surface area contributed by atoms with Gasteiger partial charge >= 0.3 is 0 Å². The molecule has 0 saturated heterocycles. The molecule has 1 aromatic carbocycles. The van der Waals surface area contributed by atoms with E-state index in [2.05, 4.69) is 10.6 Å². The Morgan fingerprint density at radius 3 is 2.17 bits per heavy atom. The third-order valence-corrected chi connectivity index (χ3v) is 3.41. The molecule has 0 fully saturated rings. The Balaban J connectivity index is 2.07. The predicted molar refractivity (Wildman–Crippen MR) is 89.2 cm³/mol. The van der Waals surface area contributed by atoms with Gasteiger partial charge in [0, 0.05) is 31.3 Å². The summed E-state index contributed by atoms with van der Waals surface area (Å²) in [5.41, 5.74) is 6.83. The Morgan fingerprint density at radius 1 is 1.04 bits per heavy atom. The molecular weight excluding hydrogens is 308 g/mol. The molecule has 0 unspecified atom stereocenters. The largest absolute Gasteiger partial charge is 0.365 e. The summed E-state index contributed by atoms with van der Waals surface area (Å²) in [6.45, 7) is 3.14. The van der Waals surface area contributed by atoms with Crippen molar-refractivity contribution in [1.29, 1.82) is 0 Å². The maximum absolute atomic E-state index is 12.3. The van der Waals surface area contributed by atoms with E-state index in [1.807, 2.05) is 0 Å². The monoisotopic (exact) mass is 327 g/mol. The van der Waals surface area contributed by atoms with Gasteiger partial charge in [0.25, 0.3) is 11.8 Å². The molecule has 0 bridgehead atoms. The van der Waals surface area contributed by atoms with Crippen LogP contribution in [0, 0.1) is 0 Å². The van der Waals surface area contributed by atoms with Crippen LogP contribution in [0.4, 0.5) is 11.4 Å². The van der Waals surface area contributed by atoms with Gasteiger partial charge in [-0.2, -0.15) is 4.57 Å². The summed E-state index contributed by atoms with van der Waals surface area (Å²) >= 11 is 0. The third-order valence-electron chi connectivity index (χ3n) is 3.41. The van der Waals surface area contributed by atoms with E-state index >= 15 is 0 Å². The number of rotatable bonds is 5. The standard InChI is InChI=1S/C17H18N4O3/c1-11(21-9-3-4-13(10-21)16(18)23)17(24)20-15-7-5-14(6-8-15)19-12(2)22/h3-11H,1-2H3,(H3-,18,19,20,22,23,24)/p+1/t11-/m1/s1. The van der Waals surface area contributed by atoms with E-state index in [-0.39, 0.29) is 11.8 Å². The molecule has 0 radical (unpaired) electrons. The summed E-state index contributed by atoms with van der Waals surface area (Å²) in [6.07, 6.45) is 3.23. The number of primary amides is 1. The van der Waals surface area contributed by atoms with Gasteiger partial charge in [0.2, 0.25) is 11.9 Å². The number of hydrogen-bond acceptors (Lipinski definition) is 3. The second-order valence-electron chi connectivity index (χ2n) is 5.33. The molecule has 1 heterocycles. The summed E-state index contributed by atoms with van der Waals surface area (Å²) in [7, 11) is 0. The molecule has 4 N–H and O–H groups in total. The first-order valence-corrected chi connectivity index (χ1v) is 7.36. The average molecular weight is 327 g/mol. The lowest BCUT2D eigenvalue weighted by Crippen LogP contribution is -2.44. The van der Waals surface area contributed by atoms with Crippen molar-refractivity contribution < 1.29 is 19.0 Å². The number of benzene rings is 1. The Labute approximate surface area is 139 Å². The van der Waals surface area contributed by atoms with Crippen molar-refractivity contribution in [2.45, 2.75) is 19.9 Å². The lowest BCUT2D eigenvalue weighted by atomic mass is 10.2. The molecular formula is C17H19N4O3+. The van der Waals surface area contributed by atoms with Crippen molar-refractivity contribution in [2.24, 2.45) is 5.73 Å². The van der Waals surface area contributed by atoms with Gasteiger partial charge < -0.3 is 16.4 Å². The van der Waals surface area contributed by atoms with Gasteiger partial charge in [-0.05, 0) is 30.3 Å². The number of carbonyl (C=O) groups is 3. The van der Waals surface area contributed by atoms with Crippen molar-refractivity contribution in [3.05, 3.63) is 54.4 Å². The van der Waals surface area contributed by atoms with Crippen LogP contribution in [-0.4, -0.2) is 17.7 Å². The van der Waals surface area contributed by atoms with E-state index < -0.39 is 11.9 Å². The Kier molecular flexibility index (Phi) is 5.26. The minimum atomic E-state index is -0.550. The second-order valence-corrected chi connectivity index (χ2v) is 5.33. The fourth-order valence-electron chi connectivity index (χ4n) is 2.10. The number of nitrogens with zero attached hydrogens (tertiary/aromatic N) is 1. The molecule has 7 nitrogen and oxygen atoms in total. The van der Waals surface area contributed by atoms with Gasteiger partial charge in [-0.1, -0.05) is 0 Å². The molecule has 24 heavy (non-hydrogen) atoms. The van der Waals surface area contributed by atoms with E-state index in [1.54, 1.807) is 54.1 Å². The molecule has 2 rings (SSSR count). The molecule has 7 heteroatoms. The summed E-state index contributed by atoms with van der Waals surface area (Å²) in [5, 5.41) is 5.43. The highest BCUT2D eigenvalue weighted by Crippen LogP contribution is 2.14. The zero-order chi connectivity index (χ0) is 17.7. The van der Waals surface area contributed by atoms with E-state index in [4.69, 9.17) is 5.73 Å². The van der Waals surface area contributed by atoms with Crippen LogP contribution in [0.2, 0.25) is 0 Å². The quantitative estimate of drug-likeness (QED) is 0.719. The smallest absolute Gasteiger partial charge is 0.293 e. The molecule has 0 aliphatic carbocycles. The van der Waals surface area contributed by atoms with Crippen molar-refractivity contribution in [2.75, 3.05) is 10.6 Å². The highest BCUT2D eigenvalue weighted by atomic mass is 16.2. The van der Waals surface area contributed by atoms with Crippen LogP contribution >= 0.6 is 0 Å². The summed E-state index contributed by atoms with van der Waals surface area (Å²) in [4.78, 5) is 34.5. The number of pyridine rings is 1. The summed E-state index contributed by atoms with van der Waals surface area (Å²) < 4.78 is 1.61. The zero-order valence-electron chi connectivity index (χ0n) is 13.4. The van der Waals surface area contributed by atoms with Crippen LogP contribution in [0.1, 0.15) is 30.2 Å².